The molecule has 1 aromatic heterocycles. The molecule has 0 amide bonds. The number of rotatable bonds is 4. The van der Waals surface area contributed by atoms with Crippen LogP contribution in [0, 0.1) is 13.8 Å². The van der Waals surface area contributed by atoms with Crippen molar-refractivity contribution in [3.8, 4) is 0 Å². The minimum atomic E-state index is -0.446. The number of benzene rings is 2. The maximum absolute atomic E-state index is 12.8. The number of hydrogen-bond donors (Lipinski definition) is 0. The molecule has 0 saturated heterocycles. The van der Waals surface area contributed by atoms with Crippen molar-refractivity contribution in [1.82, 2.24) is 4.98 Å². The van der Waals surface area contributed by atoms with Crippen LogP contribution in [0.15, 0.2) is 48.5 Å². The number of carbonyl (C=O) groups excluding carboxylic acids is 2. The molecular weight excluding hydrogens is 314 g/mol. The zero-order valence-corrected chi connectivity index (χ0v) is 14.5. The van der Waals surface area contributed by atoms with Crippen molar-refractivity contribution in [3.05, 3.63) is 76.5 Å². The van der Waals surface area contributed by atoms with Gasteiger partial charge in [-0.25, -0.2) is 9.78 Å². The van der Waals surface area contributed by atoms with Crippen LogP contribution in [0.1, 0.15) is 44.5 Å². The zero-order valence-electron chi connectivity index (χ0n) is 14.5. The fourth-order valence-electron chi connectivity index (χ4n) is 2.69. The number of nitrogens with zero attached hydrogens (tertiary/aromatic N) is 1. The summed E-state index contributed by atoms with van der Waals surface area (Å²) >= 11 is 0. The predicted octanol–water partition coefficient (Wildman–Crippen LogP) is 4.26. The quantitative estimate of drug-likeness (QED) is 0.529. The summed E-state index contributed by atoms with van der Waals surface area (Å²) in [5, 5.41) is 0.693. The summed E-state index contributed by atoms with van der Waals surface area (Å²) in [6.45, 7) is 5.93. The topological polar surface area (TPSA) is 56.3 Å². The summed E-state index contributed by atoms with van der Waals surface area (Å²) in [5.74, 6) is -0.661. The standard InChI is InChI=1S/C21H19NO3/c1-4-25-21(24)17-12-19(20(23)15-8-5-13(2)6-9-15)22-18-10-7-14(3)11-16(17)18/h5-12H,4H2,1-3H3. The van der Waals surface area contributed by atoms with Crippen LogP contribution in [-0.2, 0) is 4.74 Å². The van der Waals surface area contributed by atoms with E-state index in [2.05, 4.69) is 4.98 Å². The van der Waals surface area contributed by atoms with Crippen LogP contribution >= 0.6 is 0 Å². The molecule has 0 spiro atoms. The highest BCUT2D eigenvalue weighted by Gasteiger charge is 2.18. The second-order valence-electron chi connectivity index (χ2n) is 5.99. The largest absolute Gasteiger partial charge is 0.462 e. The molecule has 0 aliphatic rings. The molecule has 2 aromatic carbocycles. The monoisotopic (exact) mass is 333 g/mol. The molecule has 0 aliphatic carbocycles. The number of hydrogen-bond acceptors (Lipinski definition) is 4. The fraction of sp³-hybridized carbons (Fsp3) is 0.190. The van der Waals surface area contributed by atoms with Gasteiger partial charge in [-0.3, -0.25) is 4.79 Å². The van der Waals surface area contributed by atoms with Gasteiger partial charge in [0.2, 0.25) is 5.78 Å². The molecule has 1 heterocycles. The number of fused-ring (bicyclic) bond motifs is 1. The van der Waals surface area contributed by atoms with E-state index < -0.39 is 5.97 Å². The Bertz CT molecular complexity index is 959. The van der Waals surface area contributed by atoms with Crippen molar-refractivity contribution in [2.45, 2.75) is 20.8 Å². The first kappa shape index (κ1) is 16.8. The highest BCUT2D eigenvalue weighted by atomic mass is 16.5. The van der Waals surface area contributed by atoms with Crippen LogP contribution < -0.4 is 0 Å². The van der Waals surface area contributed by atoms with Crippen LogP contribution in [0.3, 0.4) is 0 Å². The first-order chi connectivity index (χ1) is 12.0. The lowest BCUT2D eigenvalue weighted by atomic mass is 10.0. The van der Waals surface area contributed by atoms with Gasteiger partial charge >= 0.3 is 5.97 Å². The van der Waals surface area contributed by atoms with Gasteiger partial charge in [0.1, 0.15) is 5.69 Å². The number of esters is 1. The summed E-state index contributed by atoms with van der Waals surface area (Å²) in [5.41, 5.74) is 3.84. The number of pyridine rings is 1. The average molecular weight is 333 g/mol. The molecule has 3 aromatic rings. The summed E-state index contributed by atoms with van der Waals surface area (Å²) in [7, 11) is 0. The number of carbonyl (C=O) groups is 2. The molecule has 0 unspecified atom stereocenters. The Morgan fingerprint density at radius 3 is 2.32 bits per heavy atom. The van der Waals surface area contributed by atoms with E-state index in [1.807, 2.05) is 44.2 Å². The lowest BCUT2D eigenvalue weighted by Crippen LogP contribution is -2.11. The Kier molecular flexibility index (Phi) is 4.61. The zero-order chi connectivity index (χ0) is 18.0. The number of ketones is 1. The molecule has 0 atom stereocenters. The minimum Gasteiger partial charge on any atom is -0.462 e. The van der Waals surface area contributed by atoms with Crippen LogP contribution in [0.25, 0.3) is 10.9 Å². The van der Waals surface area contributed by atoms with Crippen molar-refractivity contribution in [1.29, 1.82) is 0 Å². The van der Waals surface area contributed by atoms with Gasteiger partial charge in [0.25, 0.3) is 0 Å². The molecule has 0 bridgehead atoms. The Labute approximate surface area is 146 Å². The highest BCUT2D eigenvalue weighted by molar-refractivity contribution is 6.12. The van der Waals surface area contributed by atoms with Crippen molar-refractivity contribution >= 4 is 22.7 Å². The van der Waals surface area contributed by atoms with Crippen LogP contribution in [0.2, 0.25) is 0 Å². The van der Waals surface area contributed by atoms with Crippen LogP contribution in [0.4, 0.5) is 0 Å². The van der Waals surface area contributed by atoms with Gasteiger partial charge in [0.15, 0.2) is 0 Å². The van der Waals surface area contributed by atoms with Gasteiger partial charge < -0.3 is 4.74 Å². The van der Waals surface area contributed by atoms with E-state index in [-0.39, 0.29) is 18.1 Å². The molecule has 4 heteroatoms. The second-order valence-corrected chi connectivity index (χ2v) is 5.99. The van der Waals surface area contributed by atoms with Gasteiger partial charge in [-0.05, 0) is 39.0 Å². The molecule has 0 N–H and O–H groups in total. The average Bonchev–Trinajstić information content (AvgIpc) is 2.61. The van der Waals surface area contributed by atoms with E-state index in [9.17, 15) is 9.59 Å². The van der Waals surface area contributed by atoms with Crippen molar-refractivity contribution in [3.63, 3.8) is 0 Å². The molecule has 126 valence electrons. The normalized spacial score (nSPS) is 10.7. The van der Waals surface area contributed by atoms with Crippen LogP contribution in [-0.4, -0.2) is 23.3 Å². The van der Waals surface area contributed by atoms with Gasteiger partial charge in [-0.15, -0.1) is 0 Å². The Morgan fingerprint density at radius 1 is 0.960 bits per heavy atom. The van der Waals surface area contributed by atoms with Gasteiger partial charge in [0.05, 0.1) is 17.7 Å². The minimum absolute atomic E-state index is 0.215. The van der Waals surface area contributed by atoms with Gasteiger partial charge in [0, 0.05) is 10.9 Å². The maximum Gasteiger partial charge on any atom is 0.338 e. The summed E-state index contributed by atoms with van der Waals surface area (Å²) < 4.78 is 5.15. The van der Waals surface area contributed by atoms with E-state index in [0.717, 1.165) is 11.1 Å². The smallest absolute Gasteiger partial charge is 0.338 e. The van der Waals surface area contributed by atoms with Gasteiger partial charge in [-0.2, -0.15) is 0 Å². The van der Waals surface area contributed by atoms with Crippen molar-refractivity contribution < 1.29 is 14.3 Å². The third-order valence-corrected chi connectivity index (χ3v) is 4.01. The highest BCUT2D eigenvalue weighted by Crippen LogP contribution is 2.22. The van der Waals surface area contributed by atoms with E-state index in [1.54, 1.807) is 19.1 Å². The molecule has 0 aliphatic heterocycles. The van der Waals surface area contributed by atoms with Crippen molar-refractivity contribution in [2.24, 2.45) is 0 Å². The van der Waals surface area contributed by atoms with E-state index in [1.165, 1.54) is 6.07 Å². The Hall–Kier alpha value is -3.01. The second kappa shape index (κ2) is 6.85. The third kappa shape index (κ3) is 3.43. The lowest BCUT2D eigenvalue weighted by molar-refractivity contribution is 0.0528. The first-order valence-corrected chi connectivity index (χ1v) is 8.19. The van der Waals surface area contributed by atoms with E-state index in [0.29, 0.717) is 22.0 Å². The number of aryl methyl sites for hydroxylation is 2. The van der Waals surface area contributed by atoms with E-state index in [4.69, 9.17) is 4.74 Å². The molecule has 0 saturated carbocycles. The molecule has 25 heavy (non-hydrogen) atoms. The van der Waals surface area contributed by atoms with Crippen molar-refractivity contribution in [2.75, 3.05) is 6.61 Å². The summed E-state index contributed by atoms with van der Waals surface area (Å²) in [4.78, 5) is 29.6. The fourth-order valence-corrected chi connectivity index (χ4v) is 2.69. The van der Waals surface area contributed by atoms with Crippen LogP contribution in [0.5, 0.6) is 0 Å². The Morgan fingerprint density at radius 2 is 1.64 bits per heavy atom. The molecular formula is C21H19NO3. The summed E-state index contributed by atoms with van der Waals surface area (Å²) in [6, 6.07) is 14.4. The number of ether oxygens (including phenoxy) is 1. The third-order valence-electron chi connectivity index (χ3n) is 4.01. The SMILES string of the molecule is CCOC(=O)c1cc(C(=O)c2ccc(C)cc2)nc2ccc(C)cc12. The molecule has 3 rings (SSSR count). The molecule has 0 radical (unpaired) electrons. The first-order valence-electron chi connectivity index (χ1n) is 8.19. The van der Waals surface area contributed by atoms with Gasteiger partial charge in [-0.1, -0.05) is 41.5 Å². The number of aromatic nitrogens is 1. The maximum atomic E-state index is 12.8. The summed E-state index contributed by atoms with van der Waals surface area (Å²) in [6.07, 6.45) is 0. The lowest BCUT2D eigenvalue weighted by Gasteiger charge is -2.09. The Balaban J connectivity index is 2.16. The molecule has 4 nitrogen and oxygen atoms in total. The predicted molar refractivity (Wildman–Crippen MR) is 97.0 cm³/mol. The van der Waals surface area contributed by atoms with E-state index >= 15 is 0 Å². The molecule has 0 fully saturated rings.